The largest absolute Gasteiger partial charge is 0.491 e. The number of piperidine rings is 1. The molecule has 0 aromatic heterocycles. The average molecular weight is 608 g/mol. The predicted molar refractivity (Wildman–Crippen MR) is 180 cm³/mol. The maximum absolute atomic E-state index is 14.0. The number of aliphatic imine (C=N–C) groups is 1. The fraction of sp³-hybridized carbons (Fsp3) is 0.432. The second kappa shape index (κ2) is 13.4. The first-order valence-corrected chi connectivity index (χ1v) is 16.5. The lowest BCUT2D eigenvalue weighted by atomic mass is 9.83. The molecule has 1 spiro atoms. The standard InChI is InChI=1S/C37H45N5O3/c1-26(2)45-31-13-9-10-27(24-31)25-41-22-20-37(21-23-41)35(39-30-11-5-4-6-12-30)40-36(44)42(37)33-15-8-7-14-32(33)28-16-18-29(19-17-28)34(43)38-3/h7-10,13-19,24,26,30H,4-6,11-12,20-23,25H2,1-3H3,(H,38,43)(H,39,40,44). The third-order valence-electron chi connectivity index (χ3n) is 9.40. The number of benzene rings is 3. The van der Waals surface area contributed by atoms with Crippen molar-refractivity contribution in [1.29, 1.82) is 0 Å². The van der Waals surface area contributed by atoms with Gasteiger partial charge >= 0.3 is 6.03 Å². The van der Waals surface area contributed by atoms with Crippen molar-refractivity contribution in [2.24, 2.45) is 4.99 Å². The molecule has 8 heteroatoms. The van der Waals surface area contributed by atoms with Crippen LogP contribution in [-0.4, -0.2) is 60.5 Å². The number of para-hydroxylation sites is 1. The van der Waals surface area contributed by atoms with Crippen LogP contribution in [0.2, 0.25) is 0 Å². The van der Waals surface area contributed by atoms with Gasteiger partial charge in [-0.15, -0.1) is 0 Å². The molecule has 3 amide bonds. The summed E-state index contributed by atoms with van der Waals surface area (Å²) >= 11 is 0. The Hall–Kier alpha value is -4.17. The third kappa shape index (κ3) is 6.61. The Labute approximate surface area is 266 Å². The minimum atomic E-state index is -0.550. The van der Waals surface area contributed by atoms with E-state index >= 15 is 0 Å². The van der Waals surface area contributed by atoms with E-state index in [4.69, 9.17) is 9.73 Å². The van der Waals surface area contributed by atoms with Gasteiger partial charge in [-0.05, 0) is 81.0 Å². The smallest absolute Gasteiger partial charge is 0.350 e. The minimum Gasteiger partial charge on any atom is -0.491 e. The highest BCUT2D eigenvalue weighted by atomic mass is 16.5. The number of rotatable bonds is 8. The number of carbonyl (C=O) groups is 2. The predicted octanol–water partition coefficient (Wildman–Crippen LogP) is 6.80. The van der Waals surface area contributed by atoms with Crippen molar-refractivity contribution in [2.45, 2.75) is 83.0 Å². The lowest BCUT2D eigenvalue weighted by Gasteiger charge is -2.46. The number of carbonyl (C=O) groups excluding carboxylic acids is 2. The number of nitrogens with one attached hydrogen (secondary N) is 2. The summed E-state index contributed by atoms with van der Waals surface area (Å²) in [5.41, 5.74) is 4.03. The van der Waals surface area contributed by atoms with Gasteiger partial charge in [-0.25, -0.2) is 4.79 Å². The first-order chi connectivity index (χ1) is 21.9. The van der Waals surface area contributed by atoms with E-state index in [1.54, 1.807) is 7.05 Å². The van der Waals surface area contributed by atoms with Gasteiger partial charge in [0.2, 0.25) is 0 Å². The Morgan fingerprint density at radius 1 is 0.978 bits per heavy atom. The fourth-order valence-corrected chi connectivity index (χ4v) is 7.13. The summed E-state index contributed by atoms with van der Waals surface area (Å²) < 4.78 is 5.95. The van der Waals surface area contributed by atoms with Crippen LogP contribution in [0.1, 0.15) is 74.7 Å². The summed E-state index contributed by atoms with van der Waals surface area (Å²) in [6, 6.07) is 24.2. The first-order valence-electron chi connectivity index (χ1n) is 16.5. The molecule has 1 aliphatic carbocycles. The van der Waals surface area contributed by atoms with Crippen molar-refractivity contribution in [2.75, 3.05) is 25.0 Å². The molecule has 0 bridgehead atoms. The Balaban J connectivity index is 1.29. The molecule has 8 nitrogen and oxygen atoms in total. The van der Waals surface area contributed by atoms with Crippen molar-refractivity contribution in [1.82, 2.24) is 15.5 Å². The van der Waals surface area contributed by atoms with Gasteiger partial charge in [0.1, 0.15) is 17.1 Å². The number of hydrogen-bond acceptors (Lipinski definition) is 5. The van der Waals surface area contributed by atoms with Crippen LogP contribution < -0.4 is 20.3 Å². The number of anilines is 1. The molecular formula is C37H45N5O3. The molecule has 0 unspecified atom stereocenters. The van der Waals surface area contributed by atoms with Gasteiger partial charge in [0.25, 0.3) is 5.91 Å². The SMILES string of the molecule is CNC(=O)c1ccc(-c2ccccc2N2C(=O)N=C(NC3CCCCC3)C23CCN(Cc2cccc(OC(C)C)c2)CC3)cc1. The highest BCUT2D eigenvalue weighted by Crippen LogP contribution is 2.43. The second-order valence-electron chi connectivity index (χ2n) is 12.9. The number of urea groups is 1. The fourth-order valence-electron chi connectivity index (χ4n) is 7.13. The monoisotopic (exact) mass is 607 g/mol. The van der Waals surface area contributed by atoms with Gasteiger partial charge in [-0.1, -0.05) is 61.7 Å². The molecule has 1 saturated heterocycles. The summed E-state index contributed by atoms with van der Waals surface area (Å²) in [5.74, 6) is 1.60. The Morgan fingerprint density at radius 2 is 1.71 bits per heavy atom. The van der Waals surface area contributed by atoms with Crippen LogP contribution in [0.4, 0.5) is 10.5 Å². The lowest BCUT2D eigenvalue weighted by Crippen LogP contribution is -2.62. The van der Waals surface area contributed by atoms with Crippen LogP contribution in [0.5, 0.6) is 5.75 Å². The van der Waals surface area contributed by atoms with Crippen LogP contribution >= 0.6 is 0 Å². The normalized spacial score (nSPS) is 18.7. The molecule has 2 fully saturated rings. The number of nitrogens with zero attached hydrogens (tertiary/aromatic N) is 3. The Kier molecular flexibility index (Phi) is 9.21. The number of ether oxygens (including phenoxy) is 1. The highest BCUT2D eigenvalue weighted by molar-refractivity contribution is 6.17. The zero-order chi connectivity index (χ0) is 31.4. The Bertz CT molecular complexity index is 1540. The van der Waals surface area contributed by atoms with Crippen LogP contribution in [0, 0.1) is 0 Å². The molecular weight excluding hydrogens is 562 g/mol. The van der Waals surface area contributed by atoms with Gasteiger partial charge in [-0.3, -0.25) is 14.6 Å². The van der Waals surface area contributed by atoms with Crippen LogP contribution in [0.3, 0.4) is 0 Å². The van der Waals surface area contributed by atoms with Crippen molar-refractivity contribution in [3.8, 4) is 16.9 Å². The van der Waals surface area contributed by atoms with E-state index in [1.165, 1.54) is 24.8 Å². The molecule has 3 aromatic carbocycles. The molecule has 0 atom stereocenters. The highest BCUT2D eigenvalue weighted by Gasteiger charge is 2.52. The first kappa shape index (κ1) is 30.8. The maximum Gasteiger partial charge on any atom is 0.350 e. The zero-order valence-electron chi connectivity index (χ0n) is 26.7. The van der Waals surface area contributed by atoms with Crippen molar-refractivity contribution in [3.05, 3.63) is 83.9 Å². The lowest BCUT2D eigenvalue weighted by molar-refractivity contribution is 0.0963. The number of likely N-dealkylation sites (tertiary alicyclic amines) is 1. The van der Waals surface area contributed by atoms with E-state index in [1.807, 2.05) is 67.3 Å². The minimum absolute atomic E-state index is 0.124. The zero-order valence-corrected chi connectivity index (χ0v) is 26.7. The molecule has 2 aliphatic heterocycles. The summed E-state index contributed by atoms with van der Waals surface area (Å²) in [7, 11) is 1.63. The van der Waals surface area contributed by atoms with Crippen LogP contribution in [-0.2, 0) is 6.54 Å². The number of amides is 3. The molecule has 236 valence electrons. The molecule has 6 rings (SSSR count). The van der Waals surface area contributed by atoms with E-state index < -0.39 is 5.54 Å². The van der Waals surface area contributed by atoms with Crippen LogP contribution in [0.25, 0.3) is 11.1 Å². The van der Waals surface area contributed by atoms with E-state index in [-0.39, 0.29) is 18.0 Å². The summed E-state index contributed by atoms with van der Waals surface area (Å²) in [6.07, 6.45) is 7.59. The van der Waals surface area contributed by atoms with Crippen molar-refractivity contribution in [3.63, 3.8) is 0 Å². The van der Waals surface area contributed by atoms with Gasteiger partial charge in [0, 0.05) is 43.9 Å². The molecule has 2 N–H and O–H groups in total. The second-order valence-corrected chi connectivity index (χ2v) is 12.9. The summed E-state index contributed by atoms with van der Waals surface area (Å²) in [4.78, 5) is 35.4. The van der Waals surface area contributed by atoms with E-state index in [0.717, 1.165) is 73.7 Å². The quantitative estimate of drug-likeness (QED) is 0.294. The number of amidine groups is 1. The van der Waals surface area contributed by atoms with Crippen molar-refractivity contribution >= 4 is 23.5 Å². The maximum atomic E-state index is 14.0. The topological polar surface area (TPSA) is 86.3 Å². The van der Waals surface area contributed by atoms with Gasteiger partial charge in [-0.2, -0.15) is 4.99 Å². The van der Waals surface area contributed by atoms with Gasteiger partial charge in [0.05, 0.1) is 11.8 Å². The molecule has 45 heavy (non-hydrogen) atoms. The van der Waals surface area contributed by atoms with E-state index in [9.17, 15) is 9.59 Å². The molecule has 1 saturated carbocycles. The summed E-state index contributed by atoms with van der Waals surface area (Å²) in [5, 5.41) is 6.48. The average Bonchev–Trinajstić information content (AvgIpc) is 3.31. The Morgan fingerprint density at radius 3 is 2.42 bits per heavy atom. The molecule has 3 aliphatic rings. The van der Waals surface area contributed by atoms with E-state index in [0.29, 0.717) is 11.6 Å². The van der Waals surface area contributed by atoms with Gasteiger partial charge in [0.15, 0.2) is 0 Å². The van der Waals surface area contributed by atoms with E-state index in [2.05, 4.69) is 39.8 Å². The van der Waals surface area contributed by atoms with Gasteiger partial charge < -0.3 is 15.4 Å². The van der Waals surface area contributed by atoms with Crippen LogP contribution in [0.15, 0.2) is 77.8 Å². The number of hydrogen-bond donors (Lipinski definition) is 2. The van der Waals surface area contributed by atoms with Crippen molar-refractivity contribution < 1.29 is 14.3 Å². The third-order valence-corrected chi connectivity index (χ3v) is 9.40. The summed E-state index contributed by atoms with van der Waals surface area (Å²) in [6.45, 7) is 6.60. The molecule has 2 heterocycles. The molecule has 3 aromatic rings. The molecule has 0 radical (unpaired) electrons.